The highest BCUT2D eigenvalue weighted by atomic mass is 19.3. The lowest BCUT2D eigenvalue weighted by atomic mass is 9.79. The second-order valence-electron chi connectivity index (χ2n) is 10.1. The lowest BCUT2D eigenvalue weighted by Gasteiger charge is -2.36. The largest absolute Gasteiger partial charge is 0.390 e. The summed E-state index contributed by atoms with van der Waals surface area (Å²) < 4.78 is 26.6. The molecule has 0 aromatic carbocycles. The third-order valence-electron chi connectivity index (χ3n) is 7.44. The summed E-state index contributed by atoms with van der Waals surface area (Å²) in [6.45, 7) is 0. The topological polar surface area (TPSA) is 101 Å². The van der Waals surface area contributed by atoms with Gasteiger partial charge in [0, 0.05) is 43.2 Å². The Morgan fingerprint density at radius 3 is 2.50 bits per heavy atom. The molecule has 4 rings (SSSR count). The van der Waals surface area contributed by atoms with E-state index in [1.807, 2.05) is 44.4 Å². The molecule has 1 unspecified atom stereocenters. The van der Waals surface area contributed by atoms with Gasteiger partial charge in [-0.25, -0.2) is 0 Å². The number of nitrogens with zero attached hydrogens (tertiary/aromatic N) is 2. The van der Waals surface area contributed by atoms with Crippen LogP contribution < -0.4 is 20.7 Å². The second kappa shape index (κ2) is 10.6. The quantitative estimate of drug-likeness (QED) is 0.275. The predicted molar refractivity (Wildman–Crippen MR) is 130 cm³/mol. The molecule has 1 aromatic rings. The molecule has 0 radical (unpaired) electrons. The van der Waals surface area contributed by atoms with E-state index < -0.39 is 23.6 Å². The number of nitrogens with one attached hydrogen (secondary N) is 3. The van der Waals surface area contributed by atoms with E-state index in [2.05, 4.69) is 16.0 Å². The second-order valence-corrected chi connectivity index (χ2v) is 10.1. The highest BCUT2D eigenvalue weighted by Gasteiger charge is 2.45. The Morgan fingerprint density at radius 1 is 1.22 bits per heavy atom. The van der Waals surface area contributed by atoms with Gasteiger partial charge in [-0.05, 0) is 75.3 Å². The maximum absolute atomic E-state index is 13.2. The average Bonchev–Trinajstić information content (AvgIpc) is 3.70. The number of likely N-dealkylation sites (N-methyl/N-ethyl adjacent to an activating group) is 2. The zero-order valence-electron chi connectivity index (χ0n) is 21.0. The lowest BCUT2D eigenvalue weighted by molar-refractivity contribution is -0.913. The Kier molecular flexibility index (Phi) is 7.65. The van der Waals surface area contributed by atoms with E-state index in [0.29, 0.717) is 11.6 Å². The monoisotopic (exact) mass is 504 g/mol. The number of amides is 1. The van der Waals surface area contributed by atoms with Crippen molar-refractivity contribution >= 4 is 5.91 Å². The Morgan fingerprint density at radius 2 is 1.92 bits per heavy atom. The van der Waals surface area contributed by atoms with Crippen LogP contribution in [0.4, 0.5) is 8.78 Å². The standard InChI is InChI=1S/C26H35F2N5O3/c1-29-19-14-23(32(2)3)20(31-25(34)22-6-4-5-21(24(27)28)33(22)36)13-16(19)15-30-18-9-11-26(35,12-10-18)17-7-8-17/h4-6,13-15,17-19,24,29,34-36H,7-12H2,1-3H3/p+1/t18-,19?,26-. The molecule has 1 atom stereocenters. The third-order valence-corrected chi connectivity index (χ3v) is 7.44. The molecule has 2 saturated carbocycles. The Labute approximate surface area is 210 Å². The molecular weight excluding hydrogens is 468 g/mol. The minimum atomic E-state index is -2.93. The minimum Gasteiger partial charge on any atom is -0.390 e. The van der Waals surface area contributed by atoms with Crippen LogP contribution in [0.15, 0.2) is 53.5 Å². The van der Waals surface area contributed by atoms with Crippen molar-refractivity contribution in [1.29, 1.82) is 0 Å². The Bertz CT molecular complexity index is 1070. The van der Waals surface area contributed by atoms with Crippen LogP contribution in [-0.2, 0) is 0 Å². The molecule has 3 aliphatic rings. The molecule has 0 spiro atoms. The number of aliphatic hydroxyl groups is 1. The van der Waals surface area contributed by atoms with Crippen LogP contribution in [0.25, 0.3) is 0 Å². The summed E-state index contributed by atoms with van der Waals surface area (Å²) in [5, 5.41) is 30.5. The van der Waals surface area contributed by atoms with Crippen LogP contribution in [0.2, 0.25) is 0 Å². The van der Waals surface area contributed by atoms with Crippen molar-refractivity contribution in [3.63, 3.8) is 0 Å². The van der Waals surface area contributed by atoms with Crippen molar-refractivity contribution in [1.82, 2.24) is 20.9 Å². The van der Waals surface area contributed by atoms with E-state index >= 15 is 0 Å². The summed E-state index contributed by atoms with van der Waals surface area (Å²) in [6.07, 6.45) is 8.47. The van der Waals surface area contributed by atoms with E-state index in [9.17, 15) is 23.9 Å². The normalized spacial score (nSPS) is 27.5. The average molecular weight is 505 g/mol. The summed E-state index contributed by atoms with van der Waals surface area (Å²) in [7, 11) is 5.54. The van der Waals surface area contributed by atoms with Crippen LogP contribution in [0.1, 0.15) is 61.1 Å². The van der Waals surface area contributed by atoms with E-state index in [1.165, 1.54) is 12.1 Å². The molecule has 0 saturated heterocycles. The maximum Gasteiger partial charge on any atom is 0.325 e. The zero-order valence-corrected chi connectivity index (χ0v) is 21.0. The van der Waals surface area contributed by atoms with Gasteiger partial charge in [0.25, 0.3) is 0 Å². The lowest BCUT2D eigenvalue weighted by Crippen LogP contribution is -2.45. The Hall–Kier alpha value is -2.98. The molecule has 196 valence electrons. The SMILES string of the molecule is CNC1C=C(N(C)C)C(NC(=O)c2cccc(C(F)F)[n+]2O)=C/C1=C/N[C@H]1CC[C@@](O)(C2CC2)CC1. The van der Waals surface area contributed by atoms with Crippen molar-refractivity contribution in [2.75, 3.05) is 21.1 Å². The first-order chi connectivity index (χ1) is 17.1. The molecule has 1 aromatic heterocycles. The highest BCUT2D eigenvalue weighted by Crippen LogP contribution is 2.47. The van der Waals surface area contributed by atoms with Crippen molar-refractivity contribution in [2.24, 2.45) is 5.92 Å². The highest BCUT2D eigenvalue weighted by molar-refractivity contribution is 5.92. The first kappa shape index (κ1) is 26.1. The first-order valence-electron chi connectivity index (χ1n) is 12.4. The minimum absolute atomic E-state index is 0.118. The van der Waals surface area contributed by atoms with Crippen molar-refractivity contribution in [3.05, 3.63) is 64.9 Å². The maximum atomic E-state index is 13.2. The number of alkyl halides is 2. The van der Waals surface area contributed by atoms with Gasteiger partial charge in [0.1, 0.15) is 0 Å². The summed E-state index contributed by atoms with van der Waals surface area (Å²) in [4.78, 5) is 14.8. The van der Waals surface area contributed by atoms with Crippen LogP contribution in [0.3, 0.4) is 0 Å². The number of carbonyl (C=O) groups is 1. The van der Waals surface area contributed by atoms with Gasteiger partial charge in [0.2, 0.25) is 0 Å². The molecule has 3 aliphatic carbocycles. The molecule has 0 bridgehead atoms. The van der Waals surface area contributed by atoms with Crippen LogP contribution in [-0.4, -0.2) is 59.9 Å². The van der Waals surface area contributed by atoms with Crippen molar-refractivity contribution in [2.45, 2.75) is 62.6 Å². The fourth-order valence-corrected chi connectivity index (χ4v) is 5.11. The smallest absolute Gasteiger partial charge is 0.325 e. The van der Waals surface area contributed by atoms with Gasteiger partial charge in [-0.2, -0.15) is 8.78 Å². The van der Waals surface area contributed by atoms with Crippen molar-refractivity contribution in [3.8, 4) is 0 Å². The number of rotatable bonds is 8. The number of hydrogen-bond donors (Lipinski definition) is 5. The molecule has 10 heteroatoms. The predicted octanol–water partition coefficient (Wildman–Crippen LogP) is 2.37. The molecule has 1 heterocycles. The fraction of sp³-hybridized carbons (Fsp3) is 0.538. The zero-order chi connectivity index (χ0) is 26.0. The van der Waals surface area contributed by atoms with Gasteiger partial charge in [-0.3, -0.25) is 10.0 Å². The summed E-state index contributed by atoms with van der Waals surface area (Å²) >= 11 is 0. The number of carbonyl (C=O) groups excluding carboxylic acids is 1. The van der Waals surface area contributed by atoms with Gasteiger partial charge in [0.05, 0.1) is 23.0 Å². The van der Waals surface area contributed by atoms with Gasteiger partial charge < -0.3 is 26.0 Å². The van der Waals surface area contributed by atoms with E-state index in [1.54, 1.807) is 0 Å². The molecule has 5 N–H and O–H groups in total. The fourth-order valence-electron chi connectivity index (χ4n) is 5.11. The van der Waals surface area contributed by atoms with E-state index in [0.717, 1.165) is 55.9 Å². The van der Waals surface area contributed by atoms with E-state index in [-0.39, 0.29) is 22.5 Å². The Balaban J connectivity index is 1.52. The van der Waals surface area contributed by atoms with Gasteiger partial charge in [0.15, 0.2) is 0 Å². The van der Waals surface area contributed by atoms with Crippen LogP contribution >= 0.6 is 0 Å². The van der Waals surface area contributed by atoms with Crippen LogP contribution in [0.5, 0.6) is 0 Å². The number of aromatic nitrogens is 1. The van der Waals surface area contributed by atoms with Gasteiger partial charge >= 0.3 is 23.7 Å². The molecule has 0 aliphatic heterocycles. The van der Waals surface area contributed by atoms with Gasteiger partial charge in [-0.15, -0.1) is 0 Å². The first-order valence-corrected chi connectivity index (χ1v) is 12.4. The molecule has 36 heavy (non-hydrogen) atoms. The van der Waals surface area contributed by atoms with Crippen molar-refractivity contribution < 1.29 is 28.6 Å². The van der Waals surface area contributed by atoms with E-state index in [4.69, 9.17) is 0 Å². The summed E-state index contributed by atoms with van der Waals surface area (Å²) in [5.41, 5.74) is 0.649. The van der Waals surface area contributed by atoms with Crippen LogP contribution in [0, 0.1) is 5.92 Å². The molecule has 8 nitrogen and oxygen atoms in total. The summed E-state index contributed by atoms with van der Waals surface area (Å²) in [6, 6.07) is 3.79. The third kappa shape index (κ3) is 5.54. The molecule has 1 amide bonds. The number of pyridine rings is 1. The molecule has 2 fully saturated rings. The number of hydrogen-bond acceptors (Lipinski definition) is 6. The van der Waals surface area contributed by atoms with Gasteiger partial charge in [-0.1, -0.05) is 0 Å². The summed E-state index contributed by atoms with van der Waals surface area (Å²) in [5.74, 6) is -0.243. The number of halogens is 2. The molecular formula is C26H36F2N5O3+.